The molecule has 0 amide bonds. The number of rotatable bonds is 4. The van der Waals surface area contributed by atoms with Gasteiger partial charge in [-0.3, -0.25) is 9.94 Å². The summed E-state index contributed by atoms with van der Waals surface area (Å²) in [5, 5.41) is 0. The number of alkyl halides is 2. The van der Waals surface area contributed by atoms with Gasteiger partial charge >= 0.3 is 6.05 Å². The second-order valence-electron chi connectivity index (χ2n) is 2.35. The van der Waals surface area contributed by atoms with Crippen LogP contribution in [0.5, 0.6) is 0 Å². The Bertz CT molecular complexity index is 278. The molecule has 0 aromatic heterocycles. The fraction of sp³-hybridized carbons (Fsp3) is 0.250. The molecule has 0 aliphatic rings. The molecule has 0 saturated carbocycles. The molecule has 0 aliphatic heterocycles. The molecule has 0 heterocycles. The molecule has 0 aromatic carbocycles. The van der Waals surface area contributed by atoms with E-state index in [0.29, 0.717) is 0 Å². The molecule has 0 spiro atoms. The van der Waals surface area contributed by atoms with Crippen LogP contribution in [0.15, 0.2) is 35.8 Å². The van der Waals surface area contributed by atoms with Crippen molar-refractivity contribution < 1.29 is 13.0 Å². The molecule has 2 nitrogen and oxygen atoms in total. The van der Waals surface area contributed by atoms with Crippen molar-refractivity contribution in [2.45, 2.75) is 6.05 Å². The third-order valence-corrected chi connectivity index (χ3v) is 2.15. The molecular formula is C8H11F2NOS. The summed E-state index contributed by atoms with van der Waals surface area (Å²) in [5.74, 6) is 0. The summed E-state index contributed by atoms with van der Waals surface area (Å²) in [6.45, 7) is 6.51. The van der Waals surface area contributed by atoms with Gasteiger partial charge in [-0.2, -0.15) is 8.78 Å². The Balaban J connectivity index is 4.89. The van der Waals surface area contributed by atoms with Gasteiger partial charge < -0.3 is 0 Å². The molecule has 13 heavy (non-hydrogen) atoms. The van der Waals surface area contributed by atoms with Crippen LogP contribution in [0.3, 0.4) is 0 Å². The van der Waals surface area contributed by atoms with Crippen molar-refractivity contribution >= 4 is 10.8 Å². The van der Waals surface area contributed by atoms with Crippen molar-refractivity contribution in [2.75, 3.05) is 6.26 Å². The molecule has 0 aromatic rings. The van der Waals surface area contributed by atoms with Crippen molar-refractivity contribution in [3.63, 3.8) is 0 Å². The maximum absolute atomic E-state index is 12.5. The minimum absolute atomic E-state index is 0.0834. The van der Waals surface area contributed by atoms with E-state index in [1.165, 1.54) is 6.26 Å². The lowest BCUT2D eigenvalue weighted by Crippen LogP contribution is -2.30. The number of allylic oxidation sites excluding steroid dienone is 1. The third kappa shape index (κ3) is 4.10. The van der Waals surface area contributed by atoms with Gasteiger partial charge in [0.15, 0.2) is 0 Å². The zero-order valence-electron chi connectivity index (χ0n) is 7.22. The molecule has 0 radical (unpaired) electrons. The largest absolute Gasteiger partial charge is 0.326 e. The highest BCUT2D eigenvalue weighted by molar-refractivity contribution is 7.88. The van der Waals surface area contributed by atoms with Crippen LogP contribution in [-0.2, 0) is 10.8 Å². The van der Waals surface area contributed by atoms with E-state index in [1.807, 2.05) is 0 Å². The maximum atomic E-state index is 12.5. The van der Waals surface area contributed by atoms with Crippen molar-refractivity contribution in [2.24, 2.45) is 5.73 Å². The van der Waals surface area contributed by atoms with E-state index in [0.717, 1.165) is 12.2 Å². The van der Waals surface area contributed by atoms with E-state index in [2.05, 4.69) is 18.9 Å². The fourth-order valence-corrected chi connectivity index (χ4v) is 0.841. The predicted octanol–water partition coefficient (Wildman–Crippen LogP) is 1.54. The van der Waals surface area contributed by atoms with Crippen LogP contribution in [0, 0.1) is 0 Å². The molecule has 1 unspecified atom stereocenters. The quantitative estimate of drug-likeness (QED) is 0.561. The highest BCUT2D eigenvalue weighted by Gasteiger charge is 2.26. The lowest BCUT2D eigenvalue weighted by Gasteiger charge is -2.10. The van der Waals surface area contributed by atoms with E-state index in [-0.39, 0.29) is 4.91 Å². The normalized spacial score (nSPS) is 15.2. The third-order valence-electron chi connectivity index (χ3n) is 1.29. The zero-order chi connectivity index (χ0) is 10.6. The SMILES string of the molecule is C=C/C(=C\C(=C)S(C)=O)C(N)(F)F. The molecule has 1 atom stereocenters. The van der Waals surface area contributed by atoms with Crippen LogP contribution in [0.25, 0.3) is 0 Å². The summed E-state index contributed by atoms with van der Waals surface area (Å²) in [4.78, 5) is 0.0834. The Morgan fingerprint density at radius 2 is 2.08 bits per heavy atom. The molecule has 0 rings (SSSR count). The lowest BCUT2D eigenvalue weighted by atomic mass is 10.2. The number of nitrogens with two attached hydrogens (primary N) is 1. The maximum Gasteiger partial charge on any atom is 0.326 e. The number of halogens is 2. The van der Waals surface area contributed by atoms with Gasteiger partial charge in [-0.15, -0.1) is 0 Å². The summed E-state index contributed by atoms with van der Waals surface area (Å²) in [6.07, 6.45) is 3.23. The first-order valence-electron chi connectivity index (χ1n) is 3.32. The van der Waals surface area contributed by atoms with Crippen LogP contribution < -0.4 is 5.73 Å². The molecule has 0 bridgehead atoms. The second kappa shape index (κ2) is 4.43. The highest BCUT2D eigenvalue weighted by Crippen LogP contribution is 2.20. The Labute approximate surface area is 78.3 Å². The smallest absolute Gasteiger partial charge is 0.268 e. The predicted molar refractivity (Wildman–Crippen MR) is 50.6 cm³/mol. The second-order valence-corrected chi connectivity index (χ2v) is 3.78. The fourth-order valence-electron chi connectivity index (χ4n) is 0.548. The van der Waals surface area contributed by atoms with E-state index >= 15 is 0 Å². The van der Waals surface area contributed by atoms with Gasteiger partial charge in [0.25, 0.3) is 0 Å². The lowest BCUT2D eigenvalue weighted by molar-refractivity contribution is 0.0533. The Morgan fingerprint density at radius 1 is 1.62 bits per heavy atom. The minimum Gasteiger partial charge on any atom is -0.268 e. The first-order valence-corrected chi connectivity index (χ1v) is 4.88. The number of hydrogen-bond donors (Lipinski definition) is 1. The Morgan fingerprint density at radius 3 is 2.31 bits per heavy atom. The van der Waals surface area contributed by atoms with Gasteiger partial charge in [-0.25, -0.2) is 0 Å². The number of hydrogen-bond acceptors (Lipinski definition) is 2. The Hall–Kier alpha value is -0.810. The molecule has 74 valence electrons. The van der Waals surface area contributed by atoms with Gasteiger partial charge in [-0.05, 0) is 6.08 Å². The molecule has 0 aliphatic carbocycles. The first kappa shape index (κ1) is 12.2. The van der Waals surface area contributed by atoms with E-state index in [1.54, 1.807) is 0 Å². The summed E-state index contributed by atoms with van der Waals surface area (Å²) in [7, 11) is -1.37. The summed E-state index contributed by atoms with van der Waals surface area (Å²) in [6, 6.07) is -3.47. The van der Waals surface area contributed by atoms with Crippen molar-refractivity contribution in [3.05, 3.63) is 35.8 Å². The monoisotopic (exact) mass is 207 g/mol. The van der Waals surface area contributed by atoms with E-state index in [4.69, 9.17) is 0 Å². The topological polar surface area (TPSA) is 43.1 Å². The van der Waals surface area contributed by atoms with Crippen molar-refractivity contribution in [1.82, 2.24) is 0 Å². The molecule has 0 fully saturated rings. The van der Waals surface area contributed by atoms with Crippen LogP contribution in [0.4, 0.5) is 8.78 Å². The summed E-state index contributed by atoms with van der Waals surface area (Å²) in [5.41, 5.74) is 4.03. The van der Waals surface area contributed by atoms with Crippen LogP contribution in [0.1, 0.15) is 0 Å². The van der Waals surface area contributed by atoms with Gasteiger partial charge in [-0.1, -0.05) is 19.2 Å². The van der Waals surface area contributed by atoms with Gasteiger partial charge in [0.05, 0.1) is 0 Å². The first-order chi connectivity index (χ1) is 5.79. The van der Waals surface area contributed by atoms with Gasteiger partial charge in [0.1, 0.15) is 0 Å². The molecule has 0 saturated heterocycles. The summed E-state index contributed by atoms with van der Waals surface area (Å²) < 4.78 is 35.8. The minimum atomic E-state index is -3.47. The van der Waals surface area contributed by atoms with Crippen LogP contribution in [-0.4, -0.2) is 16.5 Å². The Kier molecular flexibility index (Phi) is 4.16. The van der Waals surface area contributed by atoms with Crippen molar-refractivity contribution in [3.8, 4) is 0 Å². The van der Waals surface area contributed by atoms with E-state index < -0.39 is 22.4 Å². The molecule has 2 N–H and O–H groups in total. The highest BCUT2D eigenvalue weighted by atomic mass is 32.2. The average molecular weight is 207 g/mol. The van der Waals surface area contributed by atoms with Gasteiger partial charge in [0.2, 0.25) is 0 Å². The zero-order valence-corrected chi connectivity index (χ0v) is 8.04. The summed E-state index contributed by atoms with van der Waals surface area (Å²) >= 11 is 0. The van der Waals surface area contributed by atoms with Crippen molar-refractivity contribution in [1.29, 1.82) is 0 Å². The molecular weight excluding hydrogens is 196 g/mol. The standard InChI is InChI=1S/C8H11F2NOS/c1-4-7(8(9,10)11)5-6(2)13(3)12/h4-5H,1-2,11H2,3H3/b7-5+. The average Bonchev–Trinajstić information content (AvgIpc) is 1.96. The van der Waals surface area contributed by atoms with Crippen LogP contribution >= 0.6 is 0 Å². The van der Waals surface area contributed by atoms with E-state index in [9.17, 15) is 13.0 Å². The van der Waals surface area contributed by atoms with Gasteiger partial charge in [0, 0.05) is 27.5 Å². The van der Waals surface area contributed by atoms with Crippen LogP contribution in [0.2, 0.25) is 0 Å². The molecule has 5 heteroatoms.